The fraction of sp³-hybridized carbons (Fsp3) is 0.250. The number of nitrogens with zero attached hydrogens (tertiary/aromatic N) is 3. The molecule has 0 aliphatic heterocycles. The Morgan fingerprint density at radius 1 is 1.29 bits per heavy atom. The van der Waals surface area contributed by atoms with Gasteiger partial charge in [-0.25, -0.2) is 0 Å². The van der Waals surface area contributed by atoms with E-state index in [9.17, 15) is 0 Å². The van der Waals surface area contributed by atoms with E-state index in [-0.39, 0.29) is 6.04 Å². The summed E-state index contributed by atoms with van der Waals surface area (Å²) in [5.74, 6) is 0. The van der Waals surface area contributed by atoms with Gasteiger partial charge in [-0.05, 0) is 40.5 Å². The van der Waals surface area contributed by atoms with Crippen molar-refractivity contribution in [2.45, 2.75) is 25.9 Å². The number of hydrogen-bond donors (Lipinski definition) is 1. The largest absolute Gasteiger partial charge is 0.324 e. The maximum Gasteiger partial charge on any atom is 0.0722 e. The molecule has 0 aliphatic carbocycles. The molecule has 108 valence electrons. The minimum atomic E-state index is -0.112. The van der Waals surface area contributed by atoms with Crippen molar-refractivity contribution < 1.29 is 0 Å². The lowest BCUT2D eigenvalue weighted by Crippen LogP contribution is -2.14. The lowest BCUT2D eigenvalue weighted by atomic mass is 10.0. The zero-order valence-corrected chi connectivity index (χ0v) is 13.4. The van der Waals surface area contributed by atoms with Crippen LogP contribution in [0.3, 0.4) is 0 Å². The Morgan fingerprint density at radius 2 is 2.10 bits per heavy atom. The Kier molecular flexibility index (Phi) is 4.03. The summed E-state index contributed by atoms with van der Waals surface area (Å²) in [6, 6.07) is 10.2. The summed E-state index contributed by atoms with van der Waals surface area (Å²) in [7, 11) is 0. The molecule has 2 N–H and O–H groups in total. The number of halogens is 1. The van der Waals surface area contributed by atoms with E-state index in [2.05, 4.69) is 40.0 Å². The molecule has 3 rings (SSSR count). The highest BCUT2D eigenvalue weighted by molar-refractivity contribution is 9.10. The Labute approximate surface area is 132 Å². The van der Waals surface area contributed by atoms with Crippen LogP contribution in [0.1, 0.15) is 24.2 Å². The van der Waals surface area contributed by atoms with Gasteiger partial charge in [0.2, 0.25) is 0 Å². The van der Waals surface area contributed by atoms with Gasteiger partial charge in [0.25, 0.3) is 0 Å². The smallest absolute Gasteiger partial charge is 0.0722 e. The van der Waals surface area contributed by atoms with Crippen LogP contribution in [0.25, 0.3) is 10.9 Å². The summed E-state index contributed by atoms with van der Waals surface area (Å²) in [4.78, 5) is 4.18. The van der Waals surface area contributed by atoms with Crippen LogP contribution in [0.4, 0.5) is 0 Å². The molecule has 2 aromatic heterocycles. The number of benzene rings is 1. The first-order valence-corrected chi connectivity index (χ1v) is 7.78. The molecular formula is C16H17BrN4. The summed E-state index contributed by atoms with van der Waals surface area (Å²) in [5.41, 5.74) is 9.54. The molecule has 4 nitrogen and oxygen atoms in total. The maximum atomic E-state index is 6.33. The van der Waals surface area contributed by atoms with Crippen molar-refractivity contribution in [3.8, 4) is 0 Å². The van der Waals surface area contributed by atoms with Crippen LogP contribution in [-0.2, 0) is 13.0 Å². The molecule has 21 heavy (non-hydrogen) atoms. The predicted octanol–water partition coefficient (Wildman–Crippen LogP) is 3.46. The van der Waals surface area contributed by atoms with Crippen molar-refractivity contribution in [3.63, 3.8) is 0 Å². The number of pyridine rings is 1. The van der Waals surface area contributed by atoms with Gasteiger partial charge >= 0.3 is 0 Å². The molecule has 1 aromatic carbocycles. The Hall–Kier alpha value is -1.72. The number of fused-ring (bicyclic) bond motifs is 1. The first kappa shape index (κ1) is 14.2. The molecule has 0 bridgehead atoms. The number of aryl methyl sites for hydroxylation is 1. The summed E-state index contributed by atoms with van der Waals surface area (Å²) < 4.78 is 2.97. The fourth-order valence-corrected chi connectivity index (χ4v) is 2.93. The van der Waals surface area contributed by atoms with Gasteiger partial charge in [0.1, 0.15) is 0 Å². The second-order valence-electron chi connectivity index (χ2n) is 5.03. The Morgan fingerprint density at radius 3 is 2.86 bits per heavy atom. The van der Waals surface area contributed by atoms with Crippen molar-refractivity contribution in [2.24, 2.45) is 5.73 Å². The third-order valence-corrected chi connectivity index (χ3v) is 4.04. The van der Waals surface area contributed by atoms with E-state index >= 15 is 0 Å². The first-order chi connectivity index (χ1) is 10.2. The molecule has 0 saturated heterocycles. The van der Waals surface area contributed by atoms with E-state index in [1.165, 1.54) is 5.39 Å². The van der Waals surface area contributed by atoms with Crippen LogP contribution in [-0.4, -0.2) is 14.8 Å². The van der Waals surface area contributed by atoms with Crippen LogP contribution < -0.4 is 5.73 Å². The maximum absolute atomic E-state index is 6.33. The number of hydrogen-bond acceptors (Lipinski definition) is 3. The standard InChI is InChI=1S/C16H17BrN4/c1-2-21-16-6-4-3-5-13(16)15(20-21)8-14(18)11-7-12(17)10-19-9-11/h3-7,9-10,14H,2,8,18H2,1H3. The van der Waals surface area contributed by atoms with Crippen LogP contribution in [0.2, 0.25) is 0 Å². The van der Waals surface area contributed by atoms with Crippen LogP contribution in [0.5, 0.6) is 0 Å². The lowest BCUT2D eigenvalue weighted by molar-refractivity contribution is 0.640. The molecular weight excluding hydrogens is 328 g/mol. The molecule has 0 fully saturated rings. The molecule has 2 heterocycles. The van der Waals surface area contributed by atoms with Gasteiger partial charge in [-0.2, -0.15) is 5.10 Å². The van der Waals surface area contributed by atoms with Crippen LogP contribution in [0.15, 0.2) is 47.2 Å². The summed E-state index contributed by atoms with van der Waals surface area (Å²) >= 11 is 3.43. The zero-order valence-electron chi connectivity index (χ0n) is 11.8. The average molecular weight is 345 g/mol. The van der Waals surface area contributed by atoms with Gasteiger partial charge in [-0.1, -0.05) is 18.2 Å². The lowest BCUT2D eigenvalue weighted by Gasteiger charge is -2.10. The van der Waals surface area contributed by atoms with E-state index in [1.807, 2.05) is 29.1 Å². The first-order valence-electron chi connectivity index (χ1n) is 6.99. The number of rotatable bonds is 4. The van der Waals surface area contributed by atoms with E-state index in [0.29, 0.717) is 6.42 Å². The van der Waals surface area contributed by atoms with Crippen molar-refractivity contribution in [2.75, 3.05) is 0 Å². The number of nitrogens with two attached hydrogens (primary N) is 1. The molecule has 0 spiro atoms. The SMILES string of the molecule is CCn1nc(CC(N)c2cncc(Br)c2)c2ccccc21. The minimum Gasteiger partial charge on any atom is -0.324 e. The van der Waals surface area contributed by atoms with Crippen LogP contribution in [0, 0.1) is 0 Å². The van der Waals surface area contributed by atoms with Gasteiger partial charge in [0.15, 0.2) is 0 Å². The third-order valence-electron chi connectivity index (χ3n) is 3.60. The predicted molar refractivity (Wildman–Crippen MR) is 88.0 cm³/mol. The van der Waals surface area contributed by atoms with Crippen molar-refractivity contribution in [1.29, 1.82) is 0 Å². The monoisotopic (exact) mass is 344 g/mol. The summed E-state index contributed by atoms with van der Waals surface area (Å²) in [6.07, 6.45) is 4.28. The fourth-order valence-electron chi connectivity index (χ4n) is 2.55. The molecule has 5 heteroatoms. The van der Waals surface area contributed by atoms with E-state index in [0.717, 1.165) is 27.8 Å². The second kappa shape index (κ2) is 5.95. The van der Waals surface area contributed by atoms with E-state index < -0.39 is 0 Å². The Bertz CT molecular complexity index is 766. The number of para-hydroxylation sites is 1. The summed E-state index contributed by atoms with van der Waals surface area (Å²) in [5, 5.41) is 5.88. The molecule has 1 atom stereocenters. The normalized spacial score (nSPS) is 12.7. The number of aromatic nitrogens is 3. The minimum absolute atomic E-state index is 0.112. The van der Waals surface area contributed by atoms with E-state index in [4.69, 9.17) is 10.8 Å². The average Bonchev–Trinajstić information content (AvgIpc) is 2.85. The van der Waals surface area contributed by atoms with Gasteiger partial charge < -0.3 is 5.73 Å². The molecule has 3 aromatic rings. The Balaban J connectivity index is 1.94. The highest BCUT2D eigenvalue weighted by atomic mass is 79.9. The third kappa shape index (κ3) is 2.84. The molecule has 0 amide bonds. The van der Waals surface area contributed by atoms with E-state index in [1.54, 1.807) is 6.20 Å². The summed E-state index contributed by atoms with van der Waals surface area (Å²) in [6.45, 7) is 2.95. The highest BCUT2D eigenvalue weighted by Crippen LogP contribution is 2.24. The van der Waals surface area contributed by atoms with Crippen molar-refractivity contribution >= 4 is 26.8 Å². The molecule has 0 saturated carbocycles. The second-order valence-corrected chi connectivity index (χ2v) is 5.94. The quantitative estimate of drug-likeness (QED) is 0.788. The van der Waals surface area contributed by atoms with Gasteiger partial charge in [-0.3, -0.25) is 9.67 Å². The van der Waals surface area contributed by atoms with Crippen molar-refractivity contribution in [1.82, 2.24) is 14.8 Å². The van der Waals surface area contributed by atoms with Crippen molar-refractivity contribution in [3.05, 3.63) is 58.5 Å². The van der Waals surface area contributed by atoms with Gasteiger partial charge in [-0.15, -0.1) is 0 Å². The molecule has 0 aliphatic rings. The highest BCUT2D eigenvalue weighted by Gasteiger charge is 2.14. The van der Waals surface area contributed by atoms with Crippen LogP contribution >= 0.6 is 15.9 Å². The molecule has 0 radical (unpaired) electrons. The van der Waals surface area contributed by atoms with Gasteiger partial charge in [0.05, 0.1) is 11.2 Å². The van der Waals surface area contributed by atoms with Gasteiger partial charge in [0, 0.05) is 41.3 Å². The topological polar surface area (TPSA) is 56.7 Å². The zero-order chi connectivity index (χ0) is 14.8. The molecule has 1 unspecified atom stereocenters.